The van der Waals surface area contributed by atoms with Gasteiger partial charge in [0.15, 0.2) is 0 Å². The number of aliphatic imine (C=N–C) groups is 1. The van der Waals surface area contributed by atoms with Gasteiger partial charge in [-0.05, 0) is 29.8 Å². The maximum absolute atomic E-state index is 11.8. The van der Waals surface area contributed by atoms with Crippen LogP contribution >= 0.6 is 15.9 Å². The first-order valence-electron chi connectivity index (χ1n) is 8.95. The van der Waals surface area contributed by atoms with E-state index in [2.05, 4.69) is 25.0 Å². The number of ether oxygens (including phenoxy) is 1. The topological polar surface area (TPSA) is 335 Å². The quantitative estimate of drug-likeness (QED) is 0.0171. The molecule has 0 aromatic carbocycles. The van der Waals surface area contributed by atoms with Crippen molar-refractivity contribution in [1.82, 2.24) is 0 Å². The third kappa shape index (κ3) is 18.3. The molecule has 0 aromatic heterocycles. The van der Waals surface area contributed by atoms with Crippen LogP contribution in [0.25, 0.3) is 20.9 Å². The normalized spacial score (nSPS) is 14.3. The van der Waals surface area contributed by atoms with Crippen molar-refractivity contribution in [2.24, 2.45) is 20.6 Å². The van der Waals surface area contributed by atoms with Crippen LogP contribution in [0.5, 0.6) is 0 Å². The van der Waals surface area contributed by atoms with Crippen LogP contribution in [0.1, 0.15) is 25.7 Å². The summed E-state index contributed by atoms with van der Waals surface area (Å²) in [5, 5.41) is 33.2. The third-order valence-electron chi connectivity index (χ3n) is 4.21. The minimum absolute atomic E-state index is 0. The Morgan fingerprint density at radius 3 is 1.84 bits per heavy atom. The number of aliphatic hydroxyl groups is 2. The number of azide groups is 2. The molecule has 0 aliphatic rings. The largest absolute Gasteiger partial charge is 1.00 e. The van der Waals surface area contributed by atoms with E-state index in [9.17, 15) is 44.6 Å². The predicted molar refractivity (Wildman–Crippen MR) is 100 cm³/mol. The summed E-state index contributed by atoms with van der Waals surface area (Å²) < 4.78 is 4.90. The molecular formula is C13H21N7Na4O11P2. The zero-order chi connectivity index (χ0) is 25.8. The standard InChI is InChI=1S/C13H25N7O11P2.4Na/c14-19-17-6-12(8-21,7-18-20-15)9-31-11(23)3-2-10(22)16-5-1-4-13(24,32(25,26)27)33(28,29)30;;;;/h21,24H,1-9H2,(H,16,22)(H2,25,26,27)(H2,28,29,30);;;;/q;4*+1/p-4. The number of carbonyl (C=O) groups excluding carboxylic acids is 1. The van der Waals surface area contributed by atoms with Crippen molar-refractivity contribution in [2.45, 2.75) is 30.8 Å². The number of hydrogen-bond donors (Lipinski definition) is 3. The van der Waals surface area contributed by atoms with Gasteiger partial charge in [0, 0.05) is 41.3 Å². The molecule has 0 saturated carbocycles. The number of aliphatic hydroxyl groups excluding tert-OH is 1. The van der Waals surface area contributed by atoms with Crippen molar-refractivity contribution in [3.8, 4) is 0 Å². The monoisotopic (exact) mass is 605 g/mol. The van der Waals surface area contributed by atoms with E-state index in [0.29, 0.717) is 0 Å². The molecule has 18 nitrogen and oxygen atoms in total. The van der Waals surface area contributed by atoms with Crippen molar-refractivity contribution in [1.29, 1.82) is 0 Å². The zero-order valence-corrected chi connectivity index (χ0v) is 30.8. The Kier molecular flexibility index (Phi) is 31.2. The maximum atomic E-state index is 11.8. The van der Waals surface area contributed by atoms with E-state index in [-0.39, 0.29) is 131 Å². The Morgan fingerprint density at radius 2 is 1.46 bits per heavy atom. The summed E-state index contributed by atoms with van der Waals surface area (Å²) >= 11 is 0. The fourth-order valence-electron chi connectivity index (χ4n) is 2.20. The Morgan fingerprint density at radius 1 is 0.973 bits per heavy atom. The van der Waals surface area contributed by atoms with E-state index < -0.39 is 83.7 Å². The maximum Gasteiger partial charge on any atom is 1.00 e. The summed E-state index contributed by atoms with van der Waals surface area (Å²) in [6.45, 7) is -2.37. The summed E-state index contributed by atoms with van der Waals surface area (Å²) in [4.78, 5) is 83.9. The summed E-state index contributed by atoms with van der Waals surface area (Å²) in [5.74, 6) is -1.80. The van der Waals surface area contributed by atoms with Crippen molar-refractivity contribution in [3.05, 3.63) is 20.9 Å². The van der Waals surface area contributed by atoms with Crippen LogP contribution < -0.4 is 148 Å². The van der Waals surface area contributed by atoms with E-state index in [0.717, 1.165) is 0 Å². The molecule has 0 amide bonds. The van der Waals surface area contributed by atoms with Gasteiger partial charge in [-0.15, -0.1) is 0 Å². The SMILES string of the molecule is [N-]=[N+]=NCC(CO)(CN=[N+]=[N-])COC(=O)CCC([O-])=NCCCC(O)([P+]([O-])([O-])[O-])[P+]([O-])([O-])O.[Na+].[Na+].[Na+].[Na+]. The third-order valence-corrected chi connectivity index (χ3v) is 7.93. The molecule has 1 atom stereocenters. The second-order valence-corrected chi connectivity index (χ2v) is 10.6. The van der Waals surface area contributed by atoms with Crippen LogP contribution in [0, 0.1) is 5.41 Å². The number of carbonyl (C=O) groups is 1. The molecule has 0 aliphatic heterocycles. The summed E-state index contributed by atoms with van der Waals surface area (Å²) in [5.41, 5.74) is 15.4. The van der Waals surface area contributed by atoms with Gasteiger partial charge in [0.1, 0.15) is 7.94 Å². The minimum Gasteiger partial charge on any atom is -0.862 e. The Balaban J connectivity index is -0.000000853. The average Bonchev–Trinajstić information content (AvgIpc) is 2.73. The van der Waals surface area contributed by atoms with Crippen molar-refractivity contribution in [2.75, 3.05) is 32.8 Å². The number of rotatable bonds is 16. The van der Waals surface area contributed by atoms with Crippen LogP contribution in [0.4, 0.5) is 0 Å². The molecule has 0 bridgehead atoms. The van der Waals surface area contributed by atoms with Gasteiger partial charge in [0.2, 0.25) is 0 Å². The fourth-order valence-corrected chi connectivity index (χ4v) is 4.31. The molecule has 0 saturated heterocycles. The van der Waals surface area contributed by atoms with Gasteiger partial charge in [0.25, 0.3) is 5.08 Å². The van der Waals surface area contributed by atoms with E-state index in [1.807, 2.05) is 0 Å². The first-order chi connectivity index (χ1) is 15.2. The molecule has 37 heavy (non-hydrogen) atoms. The van der Waals surface area contributed by atoms with Gasteiger partial charge in [-0.25, -0.2) is 0 Å². The molecule has 0 spiro atoms. The molecule has 1 unspecified atom stereocenters. The zero-order valence-electron chi connectivity index (χ0n) is 21.0. The first kappa shape index (κ1) is 48.8. The van der Waals surface area contributed by atoms with E-state index in [1.165, 1.54) is 0 Å². The Bertz CT molecular complexity index is 758. The van der Waals surface area contributed by atoms with E-state index in [1.54, 1.807) is 0 Å². The van der Waals surface area contributed by atoms with Gasteiger partial charge in [-0.1, -0.05) is 18.2 Å². The first-order valence-corrected chi connectivity index (χ1v) is 12.1. The molecule has 188 valence electrons. The second kappa shape index (κ2) is 23.6. The molecule has 0 aromatic rings. The average molecular weight is 605 g/mol. The molecule has 0 heterocycles. The molecule has 0 fully saturated rings. The molecule has 0 radical (unpaired) electrons. The Hall–Kier alpha value is 2.10. The van der Waals surface area contributed by atoms with Gasteiger partial charge in [-0.2, -0.15) is 0 Å². The fraction of sp³-hybridized carbons (Fsp3) is 0.846. The Labute approximate surface area is 301 Å². The van der Waals surface area contributed by atoms with Crippen LogP contribution in [-0.2, 0) is 9.53 Å². The minimum atomic E-state index is -6.17. The van der Waals surface area contributed by atoms with Crippen molar-refractivity contribution in [3.63, 3.8) is 0 Å². The van der Waals surface area contributed by atoms with Gasteiger partial charge in [-0.3, -0.25) is 9.69 Å². The molecule has 3 N–H and O–H groups in total. The predicted octanol–water partition coefficient (Wildman–Crippen LogP) is -16.6. The number of esters is 1. The van der Waals surface area contributed by atoms with E-state index in [4.69, 9.17) is 20.7 Å². The van der Waals surface area contributed by atoms with Crippen LogP contribution in [0.2, 0.25) is 0 Å². The number of hydrogen-bond acceptors (Lipinski definition) is 14. The van der Waals surface area contributed by atoms with E-state index >= 15 is 0 Å². The van der Waals surface area contributed by atoms with Crippen LogP contribution in [0.3, 0.4) is 0 Å². The van der Waals surface area contributed by atoms with Crippen molar-refractivity contribution >= 4 is 27.8 Å². The summed E-state index contributed by atoms with van der Waals surface area (Å²) in [7, 11) is -12.1. The molecule has 24 heteroatoms. The molecule has 0 rings (SSSR count). The summed E-state index contributed by atoms with van der Waals surface area (Å²) in [6.07, 6.45) is -2.78. The smallest absolute Gasteiger partial charge is 0.862 e. The summed E-state index contributed by atoms with van der Waals surface area (Å²) in [6, 6.07) is 0. The van der Waals surface area contributed by atoms with Gasteiger partial charge in [0.05, 0.1) is 19.6 Å². The van der Waals surface area contributed by atoms with Crippen LogP contribution in [0.15, 0.2) is 15.2 Å². The van der Waals surface area contributed by atoms with Crippen LogP contribution in [-0.4, -0.2) is 64.9 Å². The van der Waals surface area contributed by atoms with Gasteiger partial charge >= 0.3 is 124 Å². The van der Waals surface area contributed by atoms with Gasteiger partial charge < -0.3 is 49.5 Å². The second-order valence-electron chi connectivity index (χ2n) is 6.77. The molecule has 0 aliphatic carbocycles. The number of nitrogens with zero attached hydrogens (tertiary/aromatic N) is 7. The van der Waals surface area contributed by atoms with Crippen molar-refractivity contribution < 1.29 is 172 Å². The molecular weight excluding hydrogens is 584 g/mol.